The SMILES string of the molecule is Cc1ccc2c(c1)CCCN2[C@H](C)C(=O)Nc1cccc(C#N)c1. The van der Waals surface area contributed by atoms with Gasteiger partial charge in [-0.1, -0.05) is 23.8 Å². The van der Waals surface area contributed by atoms with Gasteiger partial charge in [-0.05, 0) is 56.5 Å². The van der Waals surface area contributed by atoms with E-state index < -0.39 is 0 Å². The van der Waals surface area contributed by atoms with Gasteiger partial charge in [-0.25, -0.2) is 0 Å². The molecule has 122 valence electrons. The largest absolute Gasteiger partial charge is 0.360 e. The van der Waals surface area contributed by atoms with E-state index in [0.29, 0.717) is 11.3 Å². The van der Waals surface area contributed by atoms with Crippen LogP contribution in [0.3, 0.4) is 0 Å². The molecule has 4 nitrogen and oxygen atoms in total. The molecule has 0 radical (unpaired) electrons. The van der Waals surface area contributed by atoms with Crippen LogP contribution in [0.25, 0.3) is 0 Å². The molecule has 1 aliphatic heterocycles. The van der Waals surface area contributed by atoms with Crippen molar-refractivity contribution < 1.29 is 4.79 Å². The van der Waals surface area contributed by atoms with Gasteiger partial charge in [0.2, 0.25) is 5.91 Å². The fourth-order valence-electron chi connectivity index (χ4n) is 3.21. The third kappa shape index (κ3) is 3.26. The number of carbonyl (C=O) groups is 1. The van der Waals surface area contributed by atoms with Gasteiger partial charge < -0.3 is 10.2 Å². The maximum absolute atomic E-state index is 12.7. The van der Waals surface area contributed by atoms with Gasteiger partial charge >= 0.3 is 0 Å². The van der Waals surface area contributed by atoms with Gasteiger partial charge in [-0.2, -0.15) is 5.26 Å². The molecular weight excluding hydrogens is 298 g/mol. The number of amides is 1. The van der Waals surface area contributed by atoms with Crippen molar-refractivity contribution in [2.24, 2.45) is 0 Å². The number of benzene rings is 2. The molecule has 0 saturated carbocycles. The first-order valence-corrected chi connectivity index (χ1v) is 8.25. The van der Waals surface area contributed by atoms with Crippen LogP contribution in [0.4, 0.5) is 11.4 Å². The van der Waals surface area contributed by atoms with E-state index in [4.69, 9.17) is 5.26 Å². The lowest BCUT2D eigenvalue weighted by molar-refractivity contribution is -0.117. The molecule has 3 rings (SSSR count). The number of hydrogen-bond donors (Lipinski definition) is 1. The fourth-order valence-corrected chi connectivity index (χ4v) is 3.21. The van der Waals surface area contributed by atoms with Crippen LogP contribution in [0.1, 0.15) is 30.0 Å². The summed E-state index contributed by atoms with van der Waals surface area (Å²) in [5.74, 6) is -0.0569. The molecule has 0 aliphatic carbocycles. The normalized spacial score (nSPS) is 14.5. The zero-order valence-electron chi connectivity index (χ0n) is 14.0. The van der Waals surface area contributed by atoms with E-state index in [1.165, 1.54) is 11.1 Å². The number of nitriles is 1. The van der Waals surface area contributed by atoms with Crippen LogP contribution in [0, 0.1) is 18.3 Å². The van der Waals surface area contributed by atoms with E-state index >= 15 is 0 Å². The Morgan fingerprint density at radius 1 is 1.29 bits per heavy atom. The number of nitrogens with one attached hydrogen (secondary N) is 1. The summed E-state index contributed by atoms with van der Waals surface area (Å²) < 4.78 is 0. The average molecular weight is 319 g/mol. The summed E-state index contributed by atoms with van der Waals surface area (Å²) in [6, 6.07) is 15.2. The van der Waals surface area contributed by atoms with E-state index in [2.05, 4.69) is 41.4 Å². The van der Waals surface area contributed by atoms with Crippen LogP contribution in [0.15, 0.2) is 42.5 Å². The molecule has 1 heterocycles. The van der Waals surface area contributed by atoms with Gasteiger partial charge in [0.25, 0.3) is 0 Å². The van der Waals surface area contributed by atoms with E-state index in [9.17, 15) is 4.79 Å². The lowest BCUT2D eigenvalue weighted by Gasteiger charge is -2.35. The van der Waals surface area contributed by atoms with E-state index in [1.54, 1.807) is 24.3 Å². The minimum Gasteiger partial charge on any atom is -0.360 e. The fraction of sp³-hybridized carbons (Fsp3) is 0.300. The Morgan fingerprint density at radius 3 is 2.92 bits per heavy atom. The van der Waals surface area contributed by atoms with Gasteiger partial charge in [0, 0.05) is 17.9 Å². The van der Waals surface area contributed by atoms with Crippen molar-refractivity contribution in [3.63, 3.8) is 0 Å². The molecule has 1 aliphatic rings. The Kier molecular flexibility index (Phi) is 4.52. The molecule has 2 aromatic rings. The number of carbonyl (C=O) groups excluding carboxylic acids is 1. The molecule has 0 bridgehead atoms. The zero-order valence-corrected chi connectivity index (χ0v) is 14.0. The van der Waals surface area contributed by atoms with Crippen LogP contribution in [-0.4, -0.2) is 18.5 Å². The Balaban J connectivity index is 1.78. The minimum absolute atomic E-state index is 0.0569. The Morgan fingerprint density at radius 2 is 2.12 bits per heavy atom. The number of aryl methyl sites for hydroxylation is 2. The van der Waals surface area contributed by atoms with Gasteiger partial charge in [0.15, 0.2) is 0 Å². The van der Waals surface area contributed by atoms with Crippen LogP contribution in [0.5, 0.6) is 0 Å². The number of rotatable bonds is 3. The standard InChI is InChI=1S/C20H21N3O/c1-14-8-9-19-17(11-14)6-4-10-23(19)15(2)20(24)22-18-7-3-5-16(12-18)13-21/h3,5,7-9,11-12,15H,4,6,10H2,1-2H3,(H,22,24)/t15-/m1/s1. The number of fused-ring (bicyclic) bond motifs is 1. The third-order valence-corrected chi connectivity index (χ3v) is 4.50. The molecule has 1 amide bonds. The van der Waals surface area contributed by atoms with Gasteiger partial charge in [-0.3, -0.25) is 4.79 Å². The smallest absolute Gasteiger partial charge is 0.246 e. The van der Waals surface area contributed by atoms with Crippen molar-refractivity contribution in [1.29, 1.82) is 5.26 Å². The van der Waals surface area contributed by atoms with E-state index in [1.807, 2.05) is 6.92 Å². The van der Waals surface area contributed by atoms with Crippen molar-refractivity contribution in [2.75, 3.05) is 16.8 Å². The number of anilines is 2. The summed E-state index contributed by atoms with van der Waals surface area (Å²) in [6.07, 6.45) is 2.12. The van der Waals surface area contributed by atoms with Crippen LogP contribution < -0.4 is 10.2 Å². The third-order valence-electron chi connectivity index (χ3n) is 4.50. The highest BCUT2D eigenvalue weighted by atomic mass is 16.2. The molecule has 4 heteroatoms. The topological polar surface area (TPSA) is 56.1 Å². The second-order valence-corrected chi connectivity index (χ2v) is 6.29. The summed E-state index contributed by atoms with van der Waals surface area (Å²) in [5.41, 5.74) is 4.92. The highest BCUT2D eigenvalue weighted by Crippen LogP contribution is 2.29. The molecule has 2 aromatic carbocycles. The predicted octanol–water partition coefficient (Wildman–Crippen LogP) is 3.65. The molecule has 0 aromatic heterocycles. The van der Waals surface area contributed by atoms with Crippen molar-refractivity contribution in [1.82, 2.24) is 0 Å². The van der Waals surface area contributed by atoms with Crippen molar-refractivity contribution in [3.8, 4) is 6.07 Å². The second-order valence-electron chi connectivity index (χ2n) is 6.29. The van der Waals surface area contributed by atoms with Crippen LogP contribution in [0.2, 0.25) is 0 Å². The monoisotopic (exact) mass is 319 g/mol. The first kappa shape index (κ1) is 16.1. The number of hydrogen-bond acceptors (Lipinski definition) is 3. The van der Waals surface area contributed by atoms with Gasteiger partial charge in [0.05, 0.1) is 11.6 Å². The maximum atomic E-state index is 12.7. The van der Waals surface area contributed by atoms with Crippen LogP contribution >= 0.6 is 0 Å². The molecule has 1 atom stereocenters. The minimum atomic E-state index is -0.266. The Hall–Kier alpha value is -2.80. The number of nitrogens with zero attached hydrogens (tertiary/aromatic N) is 2. The molecule has 0 saturated heterocycles. The Bertz CT molecular complexity index is 807. The first-order valence-electron chi connectivity index (χ1n) is 8.25. The molecule has 0 unspecified atom stereocenters. The highest BCUT2D eigenvalue weighted by Gasteiger charge is 2.26. The summed E-state index contributed by atoms with van der Waals surface area (Å²) >= 11 is 0. The lowest BCUT2D eigenvalue weighted by atomic mass is 9.98. The van der Waals surface area contributed by atoms with Gasteiger partial charge in [-0.15, -0.1) is 0 Å². The zero-order chi connectivity index (χ0) is 17.1. The van der Waals surface area contributed by atoms with Crippen molar-refractivity contribution in [2.45, 2.75) is 32.7 Å². The first-order chi connectivity index (χ1) is 11.6. The van der Waals surface area contributed by atoms with Crippen molar-refractivity contribution >= 4 is 17.3 Å². The summed E-state index contributed by atoms with van der Waals surface area (Å²) in [6.45, 7) is 4.90. The highest BCUT2D eigenvalue weighted by molar-refractivity contribution is 5.97. The summed E-state index contributed by atoms with van der Waals surface area (Å²) in [5, 5.41) is 11.9. The molecule has 0 spiro atoms. The maximum Gasteiger partial charge on any atom is 0.246 e. The molecule has 1 N–H and O–H groups in total. The average Bonchev–Trinajstić information content (AvgIpc) is 2.60. The summed E-state index contributed by atoms with van der Waals surface area (Å²) in [4.78, 5) is 14.8. The van der Waals surface area contributed by atoms with Crippen molar-refractivity contribution in [3.05, 3.63) is 59.2 Å². The molecular formula is C20H21N3O. The quantitative estimate of drug-likeness (QED) is 0.939. The molecule has 24 heavy (non-hydrogen) atoms. The second kappa shape index (κ2) is 6.76. The van der Waals surface area contributed by atoms with Crippen LogP contribution in [-0.2, 0) is 11.2 Å². The van der Waals surface area contributed by atoms with Gasteiger partial charge in [0.1, 0.15) is 6.04 Å². The Labute approximate surface area is 142 Å². The summed E-state index contributed by atoms with van der Waals surface area (Å²) in [7, 11) is 0. The lowest BCUT2D eigenvalue weighted by Crippen LogP contribution is -2.44. The predicted molar refractivity (Wildman–Crippen MR) is 96.1 cm³/mol. The molecule has 0 fully saturated rings. The van der Waals surface area contributed by atoms with E-state index in [0.717, 1.165) is 25.1 Å². The van der Waals surface area contributed by atoms with E-state index in [-0.39, 0.29) is 11.9 Å².